The third kappa shape index (κ3) is 4.67. The molecule has 7 heteroatoms. The van der Waals surface area contributed by atoms with Crippen molar-refractivity contribution in [3.63, 3.8) is 0 Å². The molecule has 0 radical (unpaired) electrons. The predicted octanol–water partition coefficient (Wildman–Crippen LogP) is 1.41. The number of hydrogen-bond donors (Lipinski definition) is 2. The molecule has 0 unspecified atom stereocenters. The van der Waals surface area contributed by atoms with E-state index in [2.05, 4.69) is 10.4 Å². The molecule has 1 aromatic heterocycles. The van der Waals surface area contributed by atoms with Crippen molar-refractivity contribution in [3.8, 4) is 11.6 Å². The number of nitrogens with zero attached hydrogens (tertiary/aromatic N) is 2. The van der Waals surface area contributed by atoms with Gasteiger partial charge in [0.1, 0.15) is 24.3 Å². The normalized spacial score (nSPS) is 12.2. The van der Waals surface area contributed by atoms with Crippen molar-refractivity contribution in [2.75, 3.05) is 20.3 Å². The fourth-order valence-corrected chi connectivity index (χ4v) is 2.29. The first kappa shape index (κ1) is 17.2. The van der Waals surface area contributed by atoms with Crippen LogP contribution in [-0.2, 0) is 13.6 Å². The number of nitrogens with one attached hydrogen (secondary N) is 1. The Kier molecular flexibility index (Phi) is 5.95. The highest BCUT2D eigenvalue weighted by Gasteiger charge is 2.14. The SMILES string of the molecule is COc1c(CNC[C@H](O)COc2ccc(F)cc2)c(C)nn1C. The molecular formula is C16H22FN3O3. The molecule has 2 aromatic rings. The number of benzene rings is 1. The lowest BCUT2D eigenvalue weighted by molar-refractivity contribution is 0.106. The lowest BCUT2D eigenvalue weighted by Crippen LogP contribution is -2.31. The molecule has 1 aromatic carbocycles. The van der Waals surface area contributed by atoms with Gasteiger partial charge in [-0.15, -0.1) is 0 Å². The summed E-state index contributed by atoms with van der Waals surface area (Å²) in [6.07, 6.45) is -0.678. The highest BCUT2D eigenvalue weighted by Crippen LogP contribution is 2.20. The zero-order valence-electron chi connectivity index (χ0n) is 13.5. The van der Waals surface area contributed by atoms with Crippen molar-refractivity contribution in [2.24, 2.45) is 7.05 Å². The Balaban J connectivity index is 1.76. The summed E-state index contributed by atoms with van der Waals surface area (Å²) in [6.45, 7) is 2.94. The minimum atomic E-state index is -0.678. The lowest BCUT2D eigenvalue weighted by atomic mass is 10.2. The van der Waals surface area contributed by atoms with Gasteiger partial charge in [-0.05, 0) is 31.2 Å². The van der Waals surface area contributed by atoms with Crippen LogP contribution in [-0.4, -0.2) is 41.3 Å². The molecule has 126 valence electrons. The summed E-state index contributed by atoms with van der Waals surface area (Å²) in [5.74, 6) is 0.905. The molecule has 1 heterocycles. The maximum Gasteiger partial charge on any atom is 0.216 e. The summed E-state index contributed by atoms with van der Waals surface area (Å²) in [7, 11) is 3.42. The van der Waals surface area contributed by atoms with Crippen molar-refractivity contribution >= 4 is 0 Å². The smallest absolute Gasteiger partial charge is 0.216 e. The van der Waals surface area contributed by atoms with E-state index in [-0.39, 0.29) is 12.4 Å². The van der Waals surface area contributed by atoms with Crippen LogP contribution in [0.15, 0.2) is 24.3 Å². The average molecular weight is 323 g/mol. The van der Waals surface area contributed by atoms with Crippen molar-refractivity contribution < 1.29 is 19.0 Å². The Hall–Kier alpha value is -2.12. The fraction of sp³-hybridized carbons (Fsp3) is 0.438. The third-order valence-electron chi connectivity index (χ3n) is 3.42. The van der Waals surface area contributed by atoms with E-state index < -0.39 is 6.10 Å². The van der Waals surface area contributed by atoms with Gasteiger partial charge in [0.25, 0.3) is 0 Å². The molecular weight excluding hydrogens is 301 g/mol. The number of aliphatic hydroxyl groups is 1. The number of halogens is 1. The second-order valence-corrected chi connectivity index (χ2v) is 5.25. The minimum Gasteiger partial charge on any atom is -0.491 e. The minimum absolute atomic E-state index is 0.127. The molecule has 0 amide bonds. The molecule has 0 aliphatic rings. The number of ether oxygens (including phenoxy) is 2. The third-order valence-corrected chi connectivity index (χ3v) is 3.42. The van der Waals surface area contributed by atoms with Crippen LogP contribution in [0.5, 0.6) is 11.6 Å². The number of aryl methyl sites for hydroxylation is 2. The van der Waals surface area contributed by atoms with Crippen molar-refractivity contribution in [3.05, 3.63) is 41.3 Å². The van der Waals surface area contributed by atoms with Crippen LogP contribution < -0.4 is 14.8 Å². The molecule has 2 N–H and O–H groups in total. The molecule has 0 fully saturated rings. The number of hydrogen-bond acceptors (Lipinski definition) is 5. The first-order valence-electron chi connectivity index (χ1n) is 7.35. The van der Waals surface area contributed by atoms with E-state index in [9.17, 15) is 9.50 Å². The first-order chi connectivity index (χ1) is 11.0. The Morgan fingerprint density at radius 3 is 2.70 bits per heavy atom. The summed E-state index contributed by atoms with van der Waals surface area (Å²) in [4.78, 5) is 0. The quantitative estimate of drug-likeness (QED) is 0.769. The molecule has 0 saturated carbocycles. The van der Waals surface area contributed by atoms with Crippen LogP contribution in [0.1, 0.15) is 11.3 Å². The molecule has 1 atom stereocenters. The predicted molar refractivity (Wildman–Crippen MR) is 84.1 cm³/mol. The molecule has 0 bridgehead atoms. The molecule has 23 heavy (non-hydrogen) atoms. The molecule has 0 aliphatic carbocycles. The van der Waals surface area contributed by atoms with Gasteiger partial charge < -0.3 is 19.9 Å². The fourth-order valence-electron chi connectivity index (χ4n) is 2.29. The maximum atomic E-state index is 12.8. The van der Waals surface area contributed by atoms with E-state index in [0.29, 0.717) is 24.7 Å². The summed E-state index contributed by atoms with van der Waals surface area (Å²) in [5.41, 5.74) is 1.84. The number of methoxy groups -OCH3 is 1. The van der Waals surface area contributed by atoms with Crippen molar-refractivity contribution in [1.29, 1.82) is 0 Å². The topological polar surface area (TPSA) is 68.5 Å². The van der Waals surface area contributed by atoms with Gasteiger partial charge in [0.05, 0.1) is 18.4 Å². The molecule has 6 nitrogen and oxygen atoms in total. The van der Waals surface area contributed by atoms with Crippen LogP contribution in [0.25, 0.3) is 0 Å². The first-order valence-corrected chi connectivity index (χ1v) is 7.35. The Bertz CT molecular complexity index is 628. The van der Waals surface area contributed by atoms with Crippen LogP contribution in [0, 0.1) is 12.7 Å². The molecule has 0 spiro atoms. The standard InChI is InChI=1S/C16H22FN3O3/c1-11-15(16(22-3)20(2)19-11)9-18-8-13(21)10-23-14-6-4-12(17)5-7-14/h4-7,13,18,21H,8-10H2,1-3H3/t13-/m0/s1. The van der Waals surface area contributed by atoms with Gasteiger partial charge in [-0.3, -0.25) is 0 Å². The Labute approximate surface area is 134 Å². The number of rotatable bonds is 8. The van der Waals surface area contributed by atoms with Gasteiger partial charge in [0.2, 0.25) is 5.88 Å². The molecule has 2 rings (SSSR count). The number of aliphatic hydroxyl groups excluding tert-OH is 1. The molecule has 0 saturated heterocycles. The van der Waals surface area contributed by atoms with Gasteiger partial charge >= 0.3 is 0 Å². The van der Waals surface area contributed by atoms with Gasteiger partial charge in [-0.2, -0.15) is 5.10 Å². The largest absolute Gasteiger partial charge is 0.491 e. The van der Waals surface area contributed by atoms with E-state index in [1.807, 2.05) is 14.0 Å². The van der Waals surface area contributed by atoms with Gasteiger partial charge in [0.15, 0.2) is 0 Å². The Morgan fingerprint density at radius 1 is 1.35 bits per heavy atom. The van der Waals surface area contributed by atoms with Crippen LogP contribution in [0.3, 0.4) is 0 Å². The monoisotopic (exact) mass is 323 g/mol. The highest BCUT2D eigenvalue weighted by molar-refractivity contribution is 5.30. The van der Waals surface area contributed by atoms with Gasteiger partial charge in [-0.25, -0.2) is 9.07 Å². The summed E-state index contributed by atoms with van der Waals surface area (Å²) in [6, 6.07) is 5.69. The van der Waals surface area contributed by atoms with Gasteiger partial charge in [0, 0.05) is 20.1 Å². The van der Waals surface area contributed by atoms with Crippen LogP contribution in [0.2, 0.25) is 0 Å². The number of aromatic nitrogens is 2. The van der Waals surface area contributed by atoms with E-state index >= 15 is 0 Å². The summed E-state index contributed by atoms with van der Waals surface area (Å²) < 4.78 is 25.2. The summed E-state index contributed by atoms with van der Waals surface area (Å²) >= 11 is 0. The maximum absolute atomic E-state index is 12.8. The van der Waals surface area contributed by atoms with Gasteiger partial charge in [-0.1, -0.05) is 0 Å². The Morgan fingerprint density at radius 2 is 2.04 bits per heavy atom. The van der Waals surface area contributed by atoms with E-state index in [1.165, 1.54) is 24.3 Å². The second kappa shape index (κ2) is 7.94. The van der Waals surface area contributed by atoms with E-state index in [4.69, 9.17) is 9.47 Å². The van der Waals surface area contributed by atoms with Crippen molar-refractivity contribution in [1.82, 2.24) is 15.1 Å². The highest BCUT2D eigenvalue weighted by atomic mass is 19.1. The van der Waals surface area contributed by atoms with Crippen molar-refractivity contribution in [2.45, 2.75) is 19.6 Å². The second-order valence-electron chi connectivity index (χ2n) is 5.25. The zero-order chi connectivity index (χ0) is 16.8. The van der Waals surface area contributed by atoms with E-state index in [0.717, 1.165) is 11.3 Å². The average Bonchev–Trinajstić information content (AvgIpc) is 2.80. The zero-order valence-corrected chi connectivity index (χ0v) is 13.5. The van der Waals surface area contributed by atoms with Crippen LogP contribution in [0.4, 0.5) is 4.39 Å². The molecule has 0 aliphatic heterocycles. The van der Waals surface area contributed by atoms with E-state index in [1.54, 1.807) is 11.8 Å². The summed E-state index contributed by atoms with van der Waals surface area (Å²) in [5, 5.41) is 17.4. The lowest BCUT2D eigenvalue weighted by Gasteiger charge is -2.13. The van der Waals surface area contributed by atoms with Crippen LogP contribution >= 0.6 is 0 Å².